The van der Waals surface area contributed by atoms with Crippen molar-refractivity contribution in [2.24, 2.45) is 0 Å². The summed E-state index contributed by atoms with van der Waals surface area (Å²) in [6.07, 6.45) is -5.07. The number of nitrogens with zero attached hydrogens (tertiary/aromatic N) is 4. The number of hydrogen-bond donors (Lipinski definition) is 0. The number of esters is 4. The molecule has 0 radical (unpaired) electrons. The molecule has 44 heavy (non-hydrogen) atoms. The van der Waals surface area contributed by atoms with Crippen LogP contribution in [0.2, 0.25) is 0 Å². The minimum absolute atomic E-state index is 0.202. The molecular formula is C29H28N4O10S. The first-order valence-corrected chi connectivity index (χ1v) is 14.3. The van der Waals surface area contributed by atoms with E-state index in [0.717, 1.165) is 32.5 Å². The Hall–Kier alpha value is -4.76. The van der Waals surface area contributed by atoms with E-state index in [9.17, 15) is 24.0 Å². The summed E-state index contributed by atoms with van der Waals surface area (Å²) in [4.78, 5) is 61.8. The van der Waals surface area contributed by atoms with Crippen molar-refractivity contribution in [2.45, 2.75) is 62.7 Å². The number of carbonyl (C=O) groups is 4. The van der Waals surface area contributed by atoms with Crippen LogP contribution in [-0.4, -0.2) is 79.5 Å². The second kappa shape index (κ2) is 12.9. The molecule has 1 saturated heterocycles. The van der Waals surface area contributed by atoms with Crippen LogP contribution >= 0.6 is 11.8 Å². The van der Waals surface area contributed by atoms with Crippen molar-refractivity contribution >= 4 is 52.3 Å². The minimum atomic E-state index is -1.34. The summed E-state index contributed by atoms with van der Waals surface area (Å²) >= 11 is 0.967. The lowest BCUT2D eigenvalue weighted by molar-refractivity contribution is -0.237. The van der Waals surface area contributed by atoms with E-state index in [0.29, 0.717) is 16.6 Å². The lowest BCUT2D eigenvalue weighted by Crippen LogP contribution is -2.61. The number of benzene rings is 2. The van der Waals surface area contributed by atoms with Crippen molar-refractivity contribution in [2.75, 3.05) is 6.61 Å². The second-order valence-electron chi connectivity index (χ2n) is 9.80. The van der Waals surface area contributed by atoms with Gasteiger partial charge in [-0.05, 0) is 36.0 Å². The zero-order valence-corrected chi connectivity index (χ0v) is 24.9. The third-order valence-corrected chi connectivity index (χ3v) is 7.67. The van der Waals surface area contributed by atoms with Gasteiger partial charge in [0.1, 0.15) is 12.7 Å². The number of thioether (sulfide) groups is 1. The van der Waals surface area contributed by atoms with Gasteiger partial charge in [0.2, 0.25) is 5.78 Å². The fraction of sp³-hybridized carbons (Fsp3) is 0.345. The average molecular weight is 625 g/mol. The Morgan fingerprint density at radius 1 is 0.795 bits per heavy atom. The monoisotopic (exact) mass is 624 g/mol. The fourth-order valence-corrected chi connectivity index (χ4v) is 6.08. The molecule has 0 aliphatic carbocycles. The van der Waals surface area contributed by atoms with Gasteiger partial charge in [0.25, 0.3) is 5.56 Å². The Morgan fingerprint density at radius 3 is 2.07 bits per heavy atom. The molecule has 1 aliphatic rings. The number of rotatable bonds is 8. The first-order chi connectivity index (χ1) is 21.0. The van der Waals surface area contributed by atoms with E-state index in [1.54, 1.807) is 52.9 Å². The molecule has 3 heterocycles. The number of para-hydroxylation sites is 2. The predicted octanol–water partition coefficient (Wildman–Crippen LogP) is 2.21. The van der Waals surface area contributed by atoms with Gasteiger partial charge in [0, 0.05) is 27.7 Å². The normalized spacial score (nSPS) is 21.5. The molecule has 5 atom stereocenters. The SMILES string of the molecule is CC(=O)OC[C@H]1O[C@@H](Sc2nnc3n(-c4ccccc4)c(=O)c4ccccc4n23)[C@H](OC(C)=O)[C@@H](OC(C)=O)[C@@H]1OC(C)=O. The Bertz CT molecular complexity index is 1790. The molecule has 0 saturated carbocycles. The summed E-state index contributed by atoms with van der Waals surface area (Å²) < 4.78 is 31.1. The molecule has 230 valence electrons. The summed E-state index contributed by atoms with van der Waals surface area (Å²) in [5.41, 5.74) is -0.392. The molecule has 5 rings (SSSR count). The van der Waals surface area contributed by atoms with Crippen molar-refractivity contribution in [3.05, 3.63) is 65.0 Å². The minimum Gasteiger partial charge on any atom is -0.463 e. The van der Waals surface area contributed by atoms with E-state index in [1.807, 2.05) is 6.07 Å². The molecule has 2 aromatic carbocycles. The van der Waals surface area contributed by atoms with E-state index < -0.39 is 53.7 Å². The maximum absolute atomic E-state index is 13.6. The maximum atomic E-state index is 13.6. The van der Waals surface area contributed by atoms with Crippen LogP contribution in [0.5, 0.6) is 0 Å². The van der Waals surface area contributed by atoms with Crippen LogP contribution in [0.25, 0.3) is 22.4 Å². The van der Waals surface area contributed by atoms with Crippen LogP contribution in [0.3, 0.4) is 0 Å². The van der Waals surface area contributed by atoms with E-state index in [2.05, 4.69) is 10.2 Å². The lowest BCUT2D eigenvalue weighted by atomic mass is 9.99. The summed E-state index contributed by atoms with van der Waals surface area (Å²) in [6.45, 7) is 4.29. The zero-order chi connectivity index (χ0) is 31.5. The molecule has 0 spiro atoms. The van der Waals surface area contributed by atoms with Gasteiger partial charge in [-0.2, -0.15) is 0 Å². The first-order valence-electron chi connectivity index (χ1n) is 13.5. The van der Waals surface area contributed by atoms with Crippen LogP contribution in [0.4, 0.5) is 0 Å². The Kier molecular flexibility index (Phi) is 8.96. The quantitative estimate of drug-likeness (QED) is 0.207. The largest absolute Gasteiger partial charge is 0.463 e. The zero-order valence-electron chi connectivity index (χ0n) is 24.1. The molecule has 0 N–H and O–H groups in total. The number of carbonyl (C=O) groups excluding carboxylic acids is 4. The highest BCUT2D eigenvalue weighted by Gasteiger charge is 2.53. The topological polar surface area (TPSA) is 167 Å². The Labute approximate surface area is 254 Å². The molecule has 1 aliphatic heterocycles. The Balaban J connectivity index is 1.65. The number of aromatic nitrogens is 4. The number of fused-ring (bicyclic) bond motifs is 3. The second-order valence-corrected chi connectivity index (χ2v) is 10.9. The van der Waals surface area contributed by atoms with E-state index in [1.165, 1.54) is 11.5 Å². The van der Waals surface area contributed by atoms with Gasteiger partial charge in [-0.3, -0.25) is 28.4 Å². The van der Waals surface area contributed by atoms with E-state index >= 15 is 0 Å². The van der Waals surface area contributed by atoms with Gasteiger partial charge >= 0.3 is 23.9 Å². The van der Waals surface area contributed by atoms with Crippen molar-refractivity contribution in [3.8, 4) is 5.69 Å². The summed E-state index contributed by atoms with van der Waals surface area (Å²) in [7, 11) is 0. The molecular weight excluding hydrogens is 596 g/mol. The van der Waals surface area contributed by atoms with E-state index in [-0.39, 0.29) is 23.1 Å². The molecule has 1 fully saturated rings. The third kappa shape index (κ3) is 6.28. The lowest BCUT2D eigenvalue weighted by Gasteiger charge is -2.43. The third-order valence-electron chi connectivity index (χ3n) is 6.58. The van der Waals surface area contributed by atoms with Crippen LogP contribution in [0, 0.1) is 0 Å². The van der Waals surface area contributed by atoms with Crippen molar-refractivity contribution in [3.63, 3.8) is 0 Å². The first kappa shape index (κ1) is 30.7. The predicted molar refractivity (Wildman–Crippen MR) is 154 cm³/mol. The highest BCUT2D eigenvalue weighted by molar-refractivity contribution is 7.99. The number of hydrogen-bond acceptors (Lipinski definition) is 13. The van der Waals surface area contributed by atoms with Gasteiger partial charge in [-0.25, -0.2) is 4.57 Å². The van der Waals surface area contributed by atoms with E-state index in [4.69, 9.17) is 23.7 Å². The molecule has 0 bridgehead atoms. The molecule has 0 unspecified atom stereocenters. The number of ether oxygens (including phenoxy) is 5. The van der Waals surface area contributed by atoms with Gasteiger partial charge in [-0.15, -0.1) is 10.2 Å². The molecule has 0 amide bonds. The summed E-state index contributed by atoms with van der Waals surface area (Å²) in [5.74, 6) is -2.62. The molecule has 14 nitrogen and oxygen atoms in total. The van der Waals surface area contributed by atoms with Crippen molar-refractivity contribution in [1.82, 2.24) is 19.2 Å². The molecule has 15 heteroatoms. The summed E-state index contributed by atoms with van der Waals surface area (Å²) in [6, 6.07) is 15.8. The van der Waals surface area contributed by atoms with Crippen molar-refractivity contribution < 1.29 is 42.9 Å². The maximum Gasteiger partial charge on any atom is 0.303 e. The van der Waals surface area contributed by atoms with Gasteiger partial charge < -0.3 is 23.7 Å². The van der Waals surface area contributed by atoms with Crippen LogP contribution in [-0.2, 0) is 42.9 Å². The van der Waals surface area contributed by atoms with Gasteiger partial charge in [0.15, 0.2) is 28.9 Å². The molecule has 2 aromatic heterocycles. The highest BCUT2D eigenvalue weighted by atomic mass is 32.2. The standard InChI is InChI=1S/C29H28N4O10S/c1-15(34)39-14-22-23(40-16(2)35)24(41-17(3)36)25(42-18(4)37)27(43-22)44-29-31-30-28-32(19-10-6-5-7-11-19)26(38)20-12-8-9-13-21(20)33(28)29/h5-13,22-25,27H,14H2,1-4H3/t22-,23-,24+,25-,27+/m1/s1. The summed E-state index contributed by atoms with van der Waals surface area (Å²) in [5, 5.41) is 9.30. The van der Waals surface area contributed by atoms with Crippen LogP contribution in [0.1, 0.15) is 27.7 Å². The van der Waals surface area contributed by atoms with Crippen molar-refractivity contribution in [1.29, 1.82) is 0 Å². The molecule has 4 aromatic rings. The highest BCUT2D eigenvalue weighted by Crippen LogP contribution is 2.38. The Morgan fingerprint density at radius 2 is 1.41 bits per heavy atom. The van der Waals surface area contributed by atoms with Gasteiger partial charge in [0.05, 0.1) is 16.6 Å². The van der Waals surface area contributed by atoms with Gasteiger partial charge in [-0.1, -0.05) is 30.3 Å². The van der Waals surface area contributed by atoms with Crippen LogP contribution in [0.15, 0.2) is 64.5 Å². The van der Waals surface area contributed by atoms with Crippen LogP contribution < -0.4 is 5.56 Å². The fourth-order valence-electron chi connectivity index (χ4n) is 4.95. The smallest absolute Gasteiger partial charge is 0.303 e. The average Bonchev–Trinajstić information content (AvgIpc) is 3.38.